The molecule has 2 aromatic carbocycles. The molecule has 3 rings (SSSR count). The maximum atomic E-state index is 12.3. The molecule has 1 amide bonds. The first kappa shape index (κ1) is 23.2. The molecular weight excluding hydrogens is 450 g/mol. The highest BCUT2D eigenvalue weighted by Crippen LogP contribution is 2.22. The molecule has 9 heteroatoms. The minimum absolute atomic E-state index is 0.0143. The van der Waals surface area contributed by atoms with Gasteiger partial charge in [-0.3, -0.25) is 4.79 Å². The molecule has 31 heavy (non-hydrogen) atoms. The number of hydrogen-bond acceptors (Lipinski definition) is 7. The van der Waals surface area contributed by atoms with Gasteiger partial charge in [0, 0.05) is 6.04 Å². The van der Waals surface area contributed by atoms with E-state index in [1.807, 2.05) is 31.4 Å². The van der Waals surface area contributed by atoms with Crippen LogP contribution in [0.15, 0.2) is 58.9 Å². The summed E-state index contributed by atoms with van der Waals surface area (Å²) in [5, 5.41) is 7.28. The number of benzene rings is 2. The van der Waals surface area contributed by atoms with Crippen molar-refractivity contribution in [1.29, 1.82) is 0 Å². The molecule has 3 aromatic rings. The van der Waals surface area contributed by atoms with Gasteiger partial charge in [-0.25, -0.2) is 9.48 Å². The average Bonchev–Trinajstić information content (AvgIpc) is 3.17. The van der Waals surface area contributed by atoms with E-state index < -0.39 is 5.97 Å². The van der Waals surface area contributed by atoms with E-state index in [1.165, 1.54) is 28.7 Å². The van der Waals surface area contributed by atoms with Gasteiger partial charge in [0.15, 0.2) is 14.9 Å². The third-order valence-corrected chi connectivity index (χ3v) is 6.71. The number of esters is 1. The molecule has 0 bridgehead atoms. The lowest BCUT2D eigenvalue weighted by Crippen LogP contribution is -2.36. The summed E-state index contributed by atoms with van der Waals surface area (Å²) >= 11 is 8.29. The summed E-state index contributed by atoms with van der Waals surface area (Å²) in [5.74, 6) is -0.866. The monoisotopic (exact) mass is 473 g/mol. The molecule has 1 unspecified atom stereocenters. The molecule has 1 atom stereocenters. The highest BCUT2D eigenvalue weighted by atomic mass is 32.2. The average molecular weight is 474 g/mol. The zero-order valence-corrected chi connectivity index (χ0v) is 19.7. The zero-order valence-electron chi connectivity index (χ0n) is 17.2. The number of carbonyl (C=O) groups is 2. The zero-order chi connectivity index (χ0) is 22.2. The molecule has 0 aliphatic rings. The number of carbonyl (C=O) groups excluding carboxylic acids is 2. The lowest BCUT2D eigenvalue weighted by molar-refractivity contribution is -0.124. The Morgan fingerprint density at radius 1 is 1.19 bits per heavy atom. The Morgan fingerprint density at radius 2 is 1.90 bits per heavy atom. The summed E-state index contributed by atoms with van der Waals surface area (Å²) in [6.45, 7) is 1.62. The molecular formula is C22H23N3O3S3. The van der Waals surface area contributed by atoms with Crippen LogP contribution < -0.4 is 5.32 Å². The summed E-state index contributed by atoms with van der Waals surface area (Å²) in [7, 11) is 0. The summed E-state index contributed by atoms with van der Waals surface area (Å²) < 4.78 is 8.32. The molecule has 0 saturated carbocycles. The summed E-state index contributed by atoms with van der Waals surface area (Å²) in [4.78, 5) is 24.4. The van der Waals surface area contributed by atoms with Gasteiger partial charge in [-0.15, -0.1) is 5.10 Å². The van der Waals surface area contributed by atoms with Gasteiger partial charge in [0.05, 0.1) is 11.3 Å². The molecule has 0 spiro atoms. The van der Waals surface area contributed by atoms with E-state index in [9.17, 15) is 9.59 Å². The van der Waals surface area contributed by atoms with Crippen LogP contribution in [0.4, 0.5) is 0 Å². The Hall–Kier alpha value is -2.49. The van der Waals surface area contributed by atoms with Crippen molar-refractivity contribution in [3.05, 3.63) is 69.7 Å². The van der Waals surface area contributed by atoms with E-state index in [0.29, 0.717) is 9.52 Å². The van der Waals surface area contributed by atoms with Crippen LogP contribution in [0.2, 0.25) is 0 Å². The summed E-state index contributed by atoms with van der Waals surface area (Å²) in [6.07, 6.45) is 3.62. The standard InChI is InChI=1S/C22H23N3O3S3/c1-15(8-9-16-6-4-3-5-7-16)23-19(26)14-28-20(27)17-10-12-18(13-11-17)25-22(29)31-21(24-25)30-2/h3-7,10-13,15H,8-9,14H2,1-2H3,(H,23,26). The van der Waals surface area contributed by atoms with E-state index in [2.05, 4.69) is 22.5 Å². The maximum Gasteiger partial charge on any atom is 0.338 e. The first-order chi connectivity index (χ1) is 15.0. The molecule has 0 aliphatic heterocycles. The number of ether oxygens (including phenoxy) is 1. The van der Waals surface area contributed by atoms with Gasteiger partial charge >= 0.3 is 5.97 Å². The number of aryl methyl sites for hydroxylation is 1. The van der Waals surface area contributed by atoms with Gasteiger partial charge in [0.1, 0.15) is 0 Å². The first-order valence-corrected chi connectivity index (χ1v) is 12.2. The van der Waals surface area contributed by atoms with Gasteiger partial charge in [-0.2, -0.15) is 0 Å². The van der Waals surface area contributed by atoms with Crippen molar-refractivity contribution in [2.24, 2.45) is 0 Å². The van der Waals surface area contributed by atoms with Crippen molar-refractivity contribution in [3.63, 3.8) is 0 Å². The van der Waals surface area contributed by atoms with E-state index in [4.69, 9.17) is 17.0 Å². The van der Waals surface area contributed by atoms with E-state index in [1.54, 1.807) is 28.9 Å². The van der Waals surface area contributed by atoms with E-state index in [0.717, 1.165) is 22.9 Å². The van der Waals surface area contributed by atoms with Crippen molar-refractivity contribution in [1.82, 2.24) is 15.1 Å². The number of hydrogen-bond donors (Lipinski definition) is 1. The number of nitrogens with one attached hydrogen (secondary N) is 1. The van der Waals surface area contributed by atoms with Crippen LogP contribution in [0.1, 0.15) is 29.3 Å². The normalized spacial score (nSPS) is 11.7. The minimum atomic E-state index is -0.551. The molecule has 1 N–H and O–H groups in total. The number of amides is 1. The highest BCUT2D eigenvalue weighted by Gasteiger charge is 2.13. The van der Waals surface area contributed by atoms with Gasteiger partial charge in [0.25, 0.3) is 5.91 Å². The summed E-state index contributed by atoms with van der Waals surface area (Å²) in [5.41, 5.74) is 2.35. The lowest BCUT2D eigenvalue weighted by Gasteiger charge is -2.14. The minimum Gasteiger partial charge on any atom is -0.452 e. The topological polar surface area (TPSA) is 73.2 Å². The van der Waals surface area contributed by atoms with E-state index in [-0.39, 0.29) is 18.6 Å². The quantitative estimate of drug-likeness (QED) is 0.276. The molecule has 0 aliphatic carbocycles. The number of nitrogens with zero attached hydrogens (tertiary/aromatic N) is 2. The van der Waals surface area contributed by atoms with E-state index >= 15 is 0 Å². The second kappa shape index (κ2) is 11.2. The smallest absolute Gasteiger partial charge is 0.338 e. The van der Waals surface area contributed by atoms with Crippen molar-refractivity contribution in [3.8, 4) is 5.69 Å². The second-order valence-electron chi connectivity index (χ2n) is 6.87. The van der Waals surface area contributed by atoms with Crippen molar-refractivity contribution >= 4 is 47.2 Å². The second-order valence-corrected chi connectivity index (χ2v) is 9.54. The SMILES string of the molecule is CSc1nn(-c2ccc(C(=O)OCC(=O)NC(C)CCc3ccccc3)cc2)c(=S)s1. The fourth-order valence-electron chi connectivity index (χ4n) is 2.88. The summed E-state index contributed by atoms with van der Waals surface area (Å²) in [6, 6.07) is 16.9. The van der Waals surface area contributed by atoms with Gasteiger partial charge in [-0.1, -0.05) is 53.4 Å². The van der Waals surface area contributed by atoms with Gasteiger partial charge in [-0.05, 0) is 68.1 Å². The van der Waals surface area contributed by atoms with Crippen LogP contribution in [-0.4, -0.2) is 40.6 Å². The molecule has 1 heterocycles. The van der Waals surface area contributed by atoms with Crippen LogP contribution in [0, 0.1) is 3.95 Å². The van der Waals surface area contributed by atoms with Crippen LogP contribution in [0.25, 0.3) is 5.69 Å². The van der Waals surface area contributed by atoms with Crippen molar-refractivity contribution in [2.75, 3.05) is 12.9 Å². The van der Waals surface area contributed by atoms with Crippen LogP contribution in [-0.2, 0) is 16.0 Å². The largest absolute Gasteiger partial charge is 0.452 e. The Labute approximate surface area is 194 Å². The number of rotatable bonds is 9. The molecule has 0 saturated heterocycles. The van der Waals surface area contributed by atoms with Crippen molar-refractivity contribution < 1.29 is 14.3 Å². The number of aromatic nitrogens is 2. The maximum absolute atomic E-state index is 12.3. The molecule has 0 fully saturated rings. The van der Waals surface area contributed by atoms with Gasteiger partial charge in [0.2, 0.25) is 0 Å². The van der Waals surface area contributed by atoms with Crippen molar-refractivity contribution in [2.45, 2.75) is 30.1 Å². The Bertz CT molecular complexity index is 1080. The highest BCUT2D eigenvalue weighted by molar-refractivity contribution is 8.00. The predicted octanol–water partition coefficient (Wildman–Crippen LogP) is 4.68. The Morgan fingerprint density at radius 3 is 2.55 bits per heavy atom. The first-order valence-electron chi connectivity index (χ1n) is 9.71. The molecule has 162 valence electrons. The molecule has 0 radical (unpaired) electrons. The third kappa shape index (κ3) is 6.75. The van der Waals surface area contributed by atoms with Crippen LogP contribution in [0.5, 0.6) is 0 Å². The molecule has 6 nitrogen and oxygen atoms in total. The fraction of sp³-hybridized carbons (Fsp3) is 0.273. The third-order valence-electron chi connectivity index (χ3n) is 4.50. The fourth-order valence-corrected chi connectivity index (χ4v) is 4.66. The van der Waals surface area contributed by atoms with Gasteiger partial charge < -0.3 is 10.1 Å². The number of thioether (sulfide) groups is 1. The Kier molecular flexibility index (Phi) is 8.39. The van der Waals surface area contributed by atoms with Crippen LogP contribution in [0.3, 0.4) is 0 Å². The predicted molar refractivity (Wildman–Crippen MR) is 127 cm³/mol. The Balaban J connectivity index is 1.47. The molecule has 1 aromatic heterocycles. The van der Waals surface area contributed by atoms with Crippen LogP contribution >= 0.6 is 35.3 Å². The lowest BCUT2D eigenvalue weighted by atomic mass is 10.1.